The van der Waals surface area contributed by atoms with E-state index in [4.69, 9.17) is 0 Å². The van der Waals surface area contributed by atoms with Crippen molar-refractivity contribution in [2.75, 3.05) is 33.4 Å². The van der Waals surface area contributed by atoms with Gasteiger partial charge < -0.3 is 10.2 Å². The summed E-state index contributed by atoms with van der Waals surface area (Å²) in [5.74, 6) is 0.159. The van der Waals surface area contributed by atoms with Crippen LogP contribution in [0.1, 0.15) is 6.42 Å². The van der Waals surface area contributed by atoms with Crippen LogP contribution in [0.3, 0.4) is 0 Å². The van der Waals surface area contributed by atoms with Gasteiger partial charge in [0, 0.05) is 13.6 Å². The van der Waals surface area contributed by atoms with E-state index in [1.807, 2.05) is 32.3 Å². The number of rotatable bonds is 7. The van der Waals surface area contributed by atoms with Gasteiger partial charge >= 0.3 is 0 Å². The second kappa shape index (κ2) is 8.12. The van der Waals surface area contributed by atoms with Gasteiger partial charge in [-0.2, -0.15) is 0 Å². The number of nitrogens with one attached hydrogen (secondary N) is 1. The minimum absolute atomic E-state index is 0.0474. The van der Waals surface area contributed by atoms with Crippen molar-refractivity contribution in [3.63, 3.8) is 0 Å². The molecule has 2 aromatic rings. The molecule has 1 amide bonds. The van der Waals surface area contributed by atoms with Crippen molar-refractivity contribution >= 4 is 28.6 Å². The quantitative estimate of drug-likeness (QED) is 0.608. The molecule has 0 bridgehead atoms. The van der Waals surface area contributed by atoms with Gasteiger partial charge in [-0.15, -0.1) is 0 Å². The predicted molar refractivity (Wildman–Crippen MR) is 94.0 cm³/mol. The van der Waals surface area contributed by atoms with Gasteiger partial charge in [-0.1, -0.05) is 23.9 Å². The number of fused-ring (bicyclic) bond motifs is 1. The Morgan fingerprint density at radius 2 is 2.09 bits per heavy atom. The van der Waals surface area contributed by atoms with Crippen LogP contribution >= 0.6 is 11.8 Å². The van der Waals surface area contributed by atoms with Gasteiger partial charge in [-0.05, 0) is 39.2 Å². The third-order valence-electron chi connectivity index (χ3n) is 3.42. The fourth-order valence-electron chi connectivity index (χ4n) is 2.20. The number of aromatic nitrogens is 2. The smallest absolute Gasteiger partial charge is 0.262 e. The highest BCUT2D eigenvalue weighted by atomic mass is 32.2. The molecule has 0 aliphatic heterocycles. The molecule has 1 aromatic carbocycles. The fraction of sp³-hybridized carbons (Fsp3) is 0.438. The summed E-state index contributed by atoms with van der Waals surface area (Å²) < 4.78 is 1.68. The Morgan fingerprint density at radius 1 is 1.35 bits per heavy atom. The normalized spacial score (nSPS) is 11.1. The molecule has 7 heteroatoms. The fourth-order valence-corrected chi connectivity index (χ4v) is 3.10. The van der Waals surface area contributed by atoms with Crippen molar-refractivity contribution in [2.24, 2.45) is 0 Å². The molecule has 1 aromatic heterocycles. The second-order valence-corrected chi connectivity index (χ2v) is 6.43. The Morgan fingerprint density at radius 3 is 2.78 bits per heavy atom. The zero-order chi connectivity index (χ0) is 16.8. The van der Waals surface area contributed by atoms with Crippen LogP contribution in [0.25, 0.3) is 10.9 Å². The Bertz CT molecular complexity index is 742. The lowest BCUT2D eigenvalue weighted by Crippen LogP contribution is -2.26. The summed E-state index contributed by atoms with van der Waals surface area (Å²) in [5, 5.41) is 3.79. The van der Waals surface area contributed by atoms with Crippen molar-refractivity contribution in [3.8, 4) is 0 Å². The number of carbonyl (C=O) groups excluding carboxylic acids is 1. The van der Waals surface area contributed by atoms with Crippen LogP contribution in [0.4, 0.5) is 0 Å². The van der Waals surface area contributed by atoms with E-state index in [1.54, 1.807) is 17.7 Å². The molecule has 124 valence electrons. The molecule has 0 spiro atoms. The van der Waals surface area contributed by atoms with Crippen molar-refractivity contribution in [1.82, 2.24) is 19.8 Å². The maximum absolute atomic E-state index is 12.7. The molecule has 0 atom stereocenters. The van der Waals surface area contributed by atoms with Crippen LogP contribution in [0.5, 0.6) is 0 Å². The number of benzene rings is 1. The summed E-state index contributed by atoms with van der Waals surface area (Å²) in [7, 11) is 5.60. The number of hydrogen-bond acceptors (Lipinski definition) is 5. The van der Waals surface area contributed by atoms with Crippen LogP contribution in [-0.4, -0.2) is 53.8 Å². The second-order valence-electron chi connectivity index (χ2n) is 5.49. The maximum Gasteiger partial charge on any atom is 0.262 e. The average Bonchev–Trinajstić information content (AvgIpc) is 2.54. The van der Waals surface area contributed by atoms with Crippen LogP contribution < -0.4 is 10.9 Å². The summed E-state index contributed by atoms with van der Waals surface area (Å²) >= 11 is 1.29. The zero-order valence-corrected chi connectivity index (χ0v) is 14.5. The number of para-hydroxylation sites is 1. The molecule has 6 nitrogen and oxygen atoms in total. The van der Waals surface area contributed by atoms with E-state index in [9.17, 15) is 9.59 Å². The molecule has 0 saturated carbocycles. The summed E-state index contributed by atoms with van der Waals surface area (Å²) in [6.45, 7) is 1.48. The Balaban J connectivity index is 2.35. The van der Waals surface area contributed by atoms with Crippen LogP contribution in [0.2, 0.25) is 0 Å². The maximum atomic E-state index is 12.7. The van der Waals surface area contributed by atoms with Gasteiger partial charge in [0.05, 0.1) is 16.7 Å². The monoisotopic (exact) mass is 334 g/mol. The highest BCUT2D eigenvalue weighted by molar-refractivity contribution is 7.99. The lowest BCUT2D eigenvalue weighted by Gasteiger charge is -2.14. The lowest BCUT2D eigenvalue weighted by atomic mass is 10.2. The van der Waals surface area contributed by atoms with Gasteiger partial charge in [0.2, 0.25) is 5.91 Å². The largest absolute Gasteiger partial charge is 0.358 e. The van der Waals surface area contributed by atoms with E-state index in [1.165, 1.54) is 11.8 Å². The van der Waals surface area contributed by atoms with Gasteiger partial charge in [0.1, 0.15) is 0 Å². The number of thioether (sulfide) groups is 1. The lowest BCUT2D eigenvalue weighted by molar-refractivity contribution is -0.118. The first-order valence-corrected chi connectivity index (χ1v) is 8.49. The Labute approximate surface area is 139 Å². The van der Waals surface area contributed by atoms with Crippen molar-refractivity contribution in [2.45, 2.75) is 18.1 Å². The van der Waals surface area contributed by atoms with Gasteiger partial charge in [-0.3, -0.25) is 14.2 Å². The first-order valence-electron chi connectivity index (χ1n) is 7.50. The van der Waals surface area contributed by atoms with Crippen molar-refractivity contribution in [1.29, 1.82) is 0 Å². The summed E-state index contributed by atoms with van der Waals surface area (Å²) in [4.78, 5) is 30.9. The number of carbonyl (C=O) groups is 1. The summed E-state index contributed by atoms with van der Waals surface area (Å²) in [6.07, 6.45) is 0.848. The highest BCUT2D eigenvalue weighted by Gasteiger charge is 2.12. The Hall–Kier alpha value is -1.86. The number of amides is 1. The first-order chi connectivity index (χ1) is 11.0. The van der Waals surface area contributed by atoms with E-state index in [2.05, 4.69) is 15.2 Å². The van der Waals surface area contributed by atoms with Crippen LogP contribution in [0.15, 0.2) is 34.2 Å². The molecule has 0 saturated heterocycles. The third kappa shape index (κ3) is 4.56. The minimum Gasteiger partial charge on any atom is -0.358 e. The topological polar surface area (TPSA) is 67.2 Å². The molecule has 0 aliphatic carbocycles. The van der Waals surface area contributed by atoms with Crippen LogP contribution in [0, 0.1) is 0 Å². The third-order valence-corrected chi connectivity index (χ3v) is 4.40. The van der Waals surface area contributed by atoms with E-state index < -0.39 is 0 Å². The molecule has 0 radical (unpaired) electrons. The highest BCUT2D eigenvalue weighted by Crippen LogP contribution is 2.17. The van der Waals surface area contributed by atoms with E-state index in [-0.39, 0.29) is 17.2 Å². The molecule has 2 rings (SSSR count). The van der Waals surface area contributed by atoms with Gasteiger partial charge in [0.15, 0.2) is 5.16 Å². The Kier molecular flexibility index (Phi) is 6.18. The molecule has 1 N–H and O–H groups in total. The summed E-state index contributed by atoms with van der Waals surface area (Å²) in [6, 6.07) is 7.32. The number of nitrogens with zero attached hydrogens (tertiary/aromatic N) is 3. The van der Waals surface area contributed by atoms with Crippen LogP contribution in [-0.2, 0) is 11.3 Å². The van der Waals surface area contributed by atoms with Crippen molar-refractivity contribution < 1.29 is 4.79 Å². The molecule has 1 heterocycles. The molecule has 0 unspecified atom stereocenters. The van der Waals surface area contributed by atoms with E-state index in [0.717, 1.165) is 13.0 Å². The molecule has 0 aliphatic rings. The molecule has 0 fully saturated rings. The molecular formula is C16H22N4O2S. The molecule has 23 heavy (non-hydrogen) atoms. The van der Waals surface area contributed by atoms with E-state index >= 15 is 0 Å². The SMILES string of the molecule is CNC(=O)CSc1nc2ccccc2c(=O)n1CCCN(C)C. The minimum atomic E-state index is -0.0859. The predicted octanol–water partition coefficient (Wildman–Crippen LogP) is 1.19. The molecular weight excluding hydrogens is 312 g/mol. The van der Waals surface area contributed by atoms with Crippen molar-refractivity contribution in [3.05, 3.63) is 34.6 Å². The van der Waals surface area contributed by atoms with E-state index in [0.29, 0.717) is 22.6 Å². The zero-order valence-electron chi connectivity index (χ0n) is 13.7. The average molecular weight is 334 g/mol. The number of hydrogen-bond donors (Lipinski definition) is 1. The van der Waals surface area contributed by atoms with Gasteiger partial charge in [-0.25, -0.2) is 4.98 Å². The standard InChI is InChI=1S/C16H22N4O2S/c1-17-14(21)11-23-16-18-13-8-5-4-7-12(13)15(22)20(16)10-6-9-19(2)3/h4-5,7-8H,6,9-11H2,1-3H3,(H,17,21). The summed E-state index contributed by atoms with van der Waals surface area (Å²) in [5.41, 5.74) is 0.620. The van der Waals surface area contributed by atoms with Gasteiger partial charge in [0.25, 0.3) is 5.56 Å². The first kappa shape index (κ1) is 17.5.